The lowest BCUT2D eigenvalue weighted by Gasteiger charge is -2.09. The Morgan fingerprint density at radius 3 is 2.53 bits per heavy atom. The second-order valence-electron chi connectivity index (χ2n) is 8.51. The number of carbonyl (C=O) groups is 2. The normalized spacial score (nSPS) is 11.0. The van der Waals surface area contributed by atoms with Gasteiger partial charge in [0.05, 0.1) is 20.0 Å². The molecule has 4 aromatic rings. The second kappa shape index (κ2) is 12.4. The molecule has 0 aliphatic rings. The van der Waals surface area contributed by atoms with Crippen molar-refractivity contribution in [1.29, 1.82) is 0 Å². The summed E-state index contributed by atoms with van der Waals surface area (Å²) in [5.41, 5.74) is 2.81. The van der Waals surface area contributed by atoms with E-state index in [2.05, 4.69) is 47.4 Å². The Balaban J connectivity index is 1.51. The number of benzene rings is 1. The predicted molar refractivity (Wildman–Crippen MR) is 155 cm³/mol. The van der Waals surface area contributed by atoms with Crippen molar-refractivity contribution in [1.82, 2.24) is 14.8 Å². The largest absolute Gasteiger partial charge is 0.497 e. The molecule has 1 aromatic carbocycles. The van der Waals surface area contributed by atoms with E-state index in [1.807, 2.05) is 34.2 Å². The Bertz CT molecular complexity index is 1440. The first kappa shape index (κ1) is 27.6. The van der Waals surface area contributed by atoms with Gasteiger partial charge in [0.15, 0.2) is 11.0 Å². The molecule has 0 fully saturated rings. The highest BCUT2D eigenvalue weighted by atomic mass is 32.2. The number of carbonyl (C=O) groups excluding carboxylic acids is 2. The maximum absolute atomic E-state index is 12.9. The molecule has 11 heteroatoms. The number of ether oxygens (including phenoxy) is 2. The number of hydrogen-bond donors (Lipinski definition) is 1. The Morgan fingerprint density at radius 1 is 1.13 bits per heavy atom. The van der Waals surface area contributed by atoms with Gasteiger partial charge < -0.3 is 14.8 Å². The first-order chi connectivity index (χ1) is 18.4. The molecule has 0 bridgehead atoms. The molecule has 0 unspecified atom stereocenters. The van der Waals surface area contributed by atoms with Crippen LogP contribution in [0.5, 0.6) is 5.75 Å². The molecular formula is C27H28N4O4S3. The van der Waals surface area contributed by atoms with E-state index >= 15 is 0 Å². The molecule has 0 atom stereocenters. The minimum absolute atomic E-state index is 0.0898. The highest BCUT2D eigenvalue weighted by Gasteiger charge is 2.23. The van der Waals surface area contributed by atoms with Crippen molar-refractivity contribution in [2.45, 2.75) is 31.5 Å². The molecule has 0 aliphatic carbocycles. The maximum atomic E-state index is 12.9. The Labute approximate surface area is 233 Å². The number of amides is 1. The fraction of sp³-hybridized carbons (Fsp3) is 0.259. The first-order valence-electron chi connectivity index (χ1n) is 11.8. The van der Waals surface area contributed by atoms with Crippen LogP contribution in [0.3, 0.4) is 0 Å². The van der Waals surface area contributed by atoms with Crippen LogP contribution < -0.4 is 10.1 Å². The summed E-state index contributed by atoms with van der Waals surface area (Å²) in [5, 5.41) is 16.5. The van der Waals surface area contributed by atoms with Crippen LogP contribution in [-0.2, 0) is 16.1 Å². The van der Waals surface area contributed by atoms with Crippen LogP contribution in [0.4, 0.5) is 5.00 Å². The van der Waals surface area contributed by atoms with E-state index in [0.29, 0.717) is 39.5 Å². The zero-order valence-corrected chi connectivity index (χ0v) is 24.0. The van der Waals surface area contributed by atoms with Gasteiger partial charge in [-0.05, 0) is 29.7 Å². The van der Waals surface area contributed by atoms with E-state index < -0.39 is 5.97 Å². The topological polar surface area (TPSA) is 95.3 Å². The van der Waals surface area contributed by atoms with Gasteiger partial charge in [0.25, 0.3) is 0 Å². The van der Waals surface area contributed by atoms with Gasteiger partial charge in [-0.25, -0.2) is 4.79 Å². The van der Waals surface area contributed by atoms with Crippen LogP contribution in [0.15, 0.2) is 58.9 Å². The lowest BCUT2D eigenvalue weighted by molar-refractivity contribution is -0.113. The minimum Gasteiger partial charge on any atom is -0.497 e. The summed E-state index contributed by atoms with van der Waals surface area (Å²) in [4.78, 5) is 26.8. The Morgan fingerprint density at radius 2 is 1.89 bits per heavy atom. The number of rotatable bonds is 11. The number of thioether (sulfide) groups is 1. The molecule has 0 saturated carbocycles. The van der Waals surface area contributed by atoms with Crippen molar-refractivity contribution in [2.75, 3.05) is 25.3 Å². The van der Waals surface area contributed by atoms with Gasteiger partial charge in [0.2, 0.25) is 5.91 Å². The van der Waals surface area contributed by atoms with Gasteiger partial charge >= 0.3 is 5.97 Å². The summed E-state index contributed by atoms with van der Waals surface area (Å²) in [6.07, 6.45) is 1.78. The molecule has 0 spiro atoms. The molecule has 4 rings (SSSR count). The van der Waals surface area contributed by atoms with Crippen molar-refractivity contribution >= 4 is 51.3 Å². The summed E-state index contributed by atoms with van der Waals surface area (Å²) in [6, 6.07) is 9.48. The number of aromatic nitrogens is 3. The third-order valence-corrected chi connectivity index (χ3v) is 8.74. The molecule has 0 aliphatic heterocycles. The third-order valence-electron chi connectivity index (χ3n) is 5.64. The molecule has 1 amide bonds. The molecule has 38 heavy (non-hydrogen) atoms. The second-order valence-corrected chi connectivity index (χ2v) is 11.3. The number of hydrogen-bond acceptors (Lipinski definition) is 9. The quantitative estimate of drug-likeness (QED) is 0.124. The zero-order chi connectivity index (χ0) is 27.2. The first-order valence-corrected chi connectivity index (χ1v) is 14.5. The fourth-order valence-corrected chi connectivity index (χ4v) is 6.33. The molecule has 198 valence electrons. The standard InChI is InChI=1S/C27H28N4O4S3/c1-6-11-31-24(18-12-21(16(2)3)36-13-18)29-30-27(31)38-15-22(32)28-25-23(26(33)35-5)20(14-37-25)17-7-9-19(34-4)10-8-17/h6-10,12-14,16H,1,11,15H2,2-5H3,(H,28,32). The maximum Gasteiger partial charge on any atom is 0.341 e. The minimum atomic E-state index is -0.521. The van der Waals surface area contributed by atoms with E-state index in [0.717, 1.165) is 17.0 Å². The van der Waals surface area contributed by atoms with Gasteiger partial charge in [-0.15, -0.1) is 39.4 Å². The van der Waals surface area contributed by atoms with Crippen LogP contribution in [0.25, 0.3) is 22.5 Å². The highest BCUT2D eigenvalue weighted by molar-refractivity contribution is 7.99. The van der Waals surface area contributed by atoms with E-state index in [9.17, 15) is 9.59 Å². The number of nitrogens with one attached hydrogen (secondary N) is 1. The smallest absolute Gasteiger partial charge is 0.341 e. The van der Waals surface area contributed by atoms with E-state index in [1.165, 1.54) is 35.1 Å². The molecule has 8 nitrogen and oxygen atoms in total. The van der Waals surface area contributed by atoms with Crippen LogP contribution in [0.2, 0.25) is 0 Å². The number of esters is 1. The van der Waals surface area contributed by atoms with Crippen LogP contribution in [0, 0.1) is 0 Å². The average Bonchev–Trinajstić information content (AvgIpc) is 3.66. The molecule has 3 aromatic heterocycles. The van der Waals surface area contributed by atoms with Gasteiger partial charge in [0.1, 0.15) is 16.3 Å². The van der Waals surface area contributed by atoms with Crippen LogP contribution in [-0.4, -0.2) is 46.6 Å². The van der Waals surface area contributed by atoms with Gasteiger partial charge in [0, 0.05) is 33.3 Å². The number of methoxy groups -OCH3 is 2. The monoisotopic (exact) mass is 568 g/mol. The zero-order valence-electron chi connectivity index (χ0n) is 21.5. The number of thiophene rings is 2. The number of anilines is 1. The highest BCUT2D eigenvalue weighted by Crippen LogP contribution is 2.37. The van der Waals surface area contributed by atoms with Crippen molar-refractivity contribution in [3.8, 4) is 28.3 Å². The van der Waals surface area contributed by atoms with Gasteiger partial charge in [-0.2, -0.15) is 0 Å². The molecular weight excluding hydrogens is 541 g/mol. The van der Waals surface area contributed by atoms with E-state index in [-0.39, 0.29) is 11.7 Å². The summed E-state index contributed by atoms with van der Waals surface area (Å²) < 4.78 is 12.2. The van der Waals surface area contributed by atoms with Crippen LogP contribution >= 0.6 is 34.4 Å². The molecule has 3 heterocycles. The van der Waals surface area contributed by atoms with Crippen molar-refractivity contribution in [2.24, 2.45) is 0 Å². The molecule has 0 saturated heterocycles. The van der Waals surface area contributed by atoms with E-state index in [1.54, 1.807) is 24.5 Å². The van der Waals surface area contributed by atoms with Gasteiger partial charge in [-0.1, -0.05) is 43.8 Å². The molecule has 1 N–H and O–H groups in total. The summed E-state index contributed by atoms with van der Waals surface area (Å²) >= 11 is 4.25. The van der Waals surface area contributed by atoms with Crippen molar-refractivity contribution in [3.63, 3.8) is 0 Å². The molecule has 0 radical (unpaired) electrons. The third kappa shape index (κ3) is 6.01. The predicted octanol–water partition coefficient (Wildman–Crippen LogP) is 6.57. The Kier molecular flexibility index (Phi) is 9.03. The number of nitrogens with zero attached hydrogens (tertiary/aromatic N) is 3. The number of allylic oxidation sites excluding steroid dienone is 1. The lowest BCUT2D eigenvalue weighted by atomic mass is 10.0. The van der Waals surface area contributed by atoms with Gasteiger partial charge in [-0.3, -0.25) is 9.36 Å². The summed E-state index contributed by atoms with van der Waals surface area (Å²) in [6.45, 7) is 8.68. The van der Waals surface area contributed by atoms with Crippen molar-refractivity contribution in [3.05, 3.63) is 64.2 Å². The SMILES string of the molecule is C=CCn1c(SCC(=O)Nc2scc(-c3ccc(OC)cc3)c2C(=O)OC)nnc1-c1csc(C(C)C)c1. The fourth-order valence-electron chi connectivity index (χ4n) is 3.71. The summed E-state index contributed by atoms with van der Waals surface area (Å²) in [7, 11) is 2.91. The van der Waals surface area contributed by atoms with Crippen LogP contribution in [0.1, 0.15) is 35.0 Å². The van der Waals surface area contributed by atoms with E-state index in [4.69, 9.17) is 9.47 Å². The lowest BCUT2D eigenvalue weighted by Crippen LogP contribution is -2.16. The summed E-state index contributed by atoms with van der Waals surface area (Å²) in [5.74, 6) is 1.18. The Hall–Kier alpha value is -3.41. The van der Waals surface area contributed by atoms with Crippen molar-refractivity contribution < 1.29 is 19.1 Å². The average molecular weight is 569 g/mol.